The summed E-state index contributed by atoms with van der Waals surface area (Å²) < 4.78 is 8.21. The van der Waals surface area contributed by atoms with E-state index in [1.165, 1.54) is 75.0 Å². The Kier molecular flexibility index (Phi) is 14.4. The number of unbranched alkanes of at least 4 members (excludes halogenated alkanes) is 11. The SMILES string of the molecule is CCCCCCCCCCCCCCOc1ccccc1NC(=O)C(C(=O)C(C)(C)C)n1c(O)cn(Cc2ccccc2)c1=O. The molecule has 0 saturated heterocycles. The number of rotatable bonds is 20. The van der Waals surface area contributed by atoms with E-state index in [2.05, 4.69) is 12.2 Å². The molecule has 1 amide bonds. The third kappa shape index (κ3) is 11.2. The number of ether oxygens (including phenoxy) is 1. The Morgan fingerprint density at radius 3 is 1.98 bits per heavy atom. The minimum atomic E-state index is -1.57. The quantitative estimate of drug-likeness (QED) is 0.0979. The first-order chi connectivity index (χ1) is 21.6. The van der Waals surface area contributed by atoms with Crippen LogP contribution in [0.25, 0.3) is 0 Å². The molecule has 1 unspecified atom stereocenters. The number of benzene rings is 2. The molecule has 2 aromatic carbocycles. The number of aromatic hydroxyl groups is 1. The van der Waals surface area contributed by atoms with Gasteiger partial charge in [-0.1, -0.05) is 141 Å². The maximum atomic E-state index is 13.7. The molecule has 0 bridgehead atoms. The Bertz CT molecular complexity index is 1390. The zero-order chi connectivity index (χ0) is 32.7. The molecule has 0 radical (unpaired) electrons. The maximum Gasteiger partial charge on any atom is 0.332 e. The lowest BCUT2D eigenvalue weighted by Gasteiger charge is -2.25. The van der Waals surface area contributed by atoms with Crippen LogP contribution in [0.5, 0.6) is 11.6 Å². The van der Waals surface area contributed by atoms with Gasteiger partial charge in [0.05, 0.1) is 25.0 Å². The summed E-state index contributed by atoms with van der Waals surface area (Å²) >= 11 is 0. The summed E-state index contributed by atoms with van der Waals surface area (Å²) in [4.78, 5) is 40.8. The highest BCUT2D eigenvalue weighted by molar-refractivity contribution is 6.11. The third-order valence-electron chi connectivity index (χ3n) is 8.06. The van der Waals surface area contributed by atoms with E-state index in [-0.39, 0.29) is 6.54 Å². The summed E-state index contributed by atoms with van der Waals surface area (Å²) in [6.07, 6.45) is 16.3. The molecule has 0 fully saturated rings. The minimum Gasteiger partial charge on any atom is -0.493 e. The van der Waals surface area contributed by atoms with E-state index in [1.54, 1.807) is 39.0 Å². The van der Waals surface area contributed by atoms with Crippen LogP contribution in [0.1, 0.15) is 116 Å². The Balaban J connectivity index is 1.60. The second-order valence-electron chi connectivity index (χ2n) is 13.0. The number of amides is 1. The minimum absolute atomic E-state index is 0.189. The van der Waals surface area contributed by atoms with E-state index in [0.29, 0.717) is 18.0 Å². The number of nitrogens with zero attached hydrogens (tertiary/aromatic N) is 2. The number of imidazole rings is 1. The van der Waals surface area contributed by atoms with Crippen LogP contribution in [0.15, 0.2) is 65.6 Å². The number of carbonyl (C=O) groups is 2. The van der Waals surface area contributed by atoms with E-state index in [4.69, 9.17) is 4.74 Å². The van der Waals surface area contributed by atoms with Gasteiger partial charge in [0.2, 0.25) is 5.88 Å². The average Bonchev–Trinajstić information content (AvgIpc) is 3.28. The van der Waals surface area contributed by atoms with Crippen LogP contribution in [0.2, 0.25) is 0 Å². The molecule has 1 heterocycles. The number of ketones is 1. The van der Waals surface area contributed by atoms with Crippen molar-refractivity contribution in [2.75, 3.05) is 11.9 Å². The van der Waals surface area contributed by atoms with Crippen LogP contribution in [-0.2, 0) is 16.1 Å². The van der Waals surface area contributed by atoms with Gasteiger partial charge in [-0.25, -0.2) is 9.36 Å². The highest BCUT2D eigenvalue weighted by Crippen LogP contribution is 2.30. The number of hydrogen-bond acceptors (Lipinski definition) is 5. The Labute approximate surface area is 268 Å². The predicted octanol–water partition coefficient (Wildman–Crippen LogP) is 8.28. The van der Waals surface area contributed by atoms with Gasteiger partial charge in [0.1, 0.15) is 5.75 Å². The van der Waals surface area contributed by atoms with Crippen LogP contribution >= 0.6 is 0 Å². The molecular formula is C37H53N3O5. The number of para-hydroxylation sites is 2. The number of Topliss-reactive ketones (excluding diaryl/α,β-unsaturated/α-hetero) is 1. The molecule has 0 aliphatic rings. The van der Waals surface area contributed by atoms with Crippen LogP contribution in [0, 0.1) is 5.41 Å². The van der Waals surface area contributed by atoms with Gasteiger partial charge >= 0.3 is 5.69 Å². The first kappa shape index (κ1) is 35.7. The molecule has 0 aliphatic heterocycles. The molecule has 246 valence electrons. The van der Waals surface area contributed by atoms with Crippen molar-refractivity contribution in [2.45, 2.75) is 117 Å². The standard InChI is InChI=1S/C37H53N3O5/c1-5-6-7-8-9-10-11-12-13-14-15-21-26-45-31-25-20-19-24-30(31)38-35(43)33(34(42)37(2,3)4)40-32(41)28-39(36(40)44)27-29-22-17-16-18-23-29/h16-20,22-25,28,33,41H,5-15,21,26-27H2,1-4H3,(H,38,43). The molecule has 0 aliphatic carbocycles. The first-order valence-electron chi connectivity index (χ1n) is 16.7. The topological polar surface area (TPSA) is 103 Å². The zero-order valence-corrected chi connectivity index (χ0v) is 27.7. The molecule has 0 spiro atoms. The second-order valence-corrected chi connectivity index (χ2v) is 13.0. The summed E-state index contributed by atoms with van der Waals surface area (Å²) in [6, 6.07) is 14.8. The number of carbonyl (C=O) groups excluding carboxylic acids is 2. The summed E-state index contributed by atoms with van der Waals surface area (Å²) in [6.45, 7) is 8.00. The van der Waals surface area contributed by atoms with E-state index < -0.39 is 34.7 Å². The van der Waals surface area contributed by atoms with Gasteiger partial charge in [-0.2, -0.15) is 0 Å². The van der Waals surface area contributed by atoms with Gasteiger partial charge in [0, 0.05) is 5.41 Å². The molecule has 45 heavy (non-hydrogen) atoms. The number of anilines is 1. The van der Waals surface area contributed by atoms with Crippen molar-refractivity contribution in [3.63, 3.8) is 0 Å². The second kappa shape index (κ2) is 18.2. The largest absolute Gasteiger partial charge is 0.493 e. The summed E-state index contributed by atoms with van der Waals surface area (Å²) in [7, 11) is 0. The van der Waals surface area contributed by atoms with Crippen LogP contribution in [0.3, 0.4) is 0 Å². The van der Waals surface area contributed by atoms with Gasteiger partial charge < -0.3 is 15.2 Å². The van der Waals surface area contributed by atoms with Crippen molar-refractivity contribution in [1.29, 1.82) is 0 Å². The third-order valence-corrected chi connectivity index (χ3v) is 8.06. The first-order valence-corrected chi connectivity index (χ1v) is 16.7. The van der Waals surface area contributed by atoms with Gasteiger partial charge in [0.15, 0.2) is 11.8 Å². The lowest BCUT2D eigenvalue weighted by Crippen LogP contribution is -2.43. The molecule has 8 heteroatoms. The molecule has 1 atom stereocenters. The van der Waals surface area contributed by atoms with Gasteiger partial charge in [-0.05, 0) is 24.1 Å². The number of nitrogens with one attached hydrogen (secondary N) is 1. The summed E-state index contributed by atoms with van der Waals surface area (Å²) in [5.41, 5.74) is -0.353. The van der Waals surface area contributed by atoms with Gasteiger partial charge in [-0.15, -0.1) is 0 Å². The lowest BCUT2D eigenvalue weighted by atomic mass is 9.86. The van der Waals surface area contributed by atoms with E-state index in [0.717, 1.165) is 23.0 Å². The molecule has 0 saturated carbocycles. The molecule has 3 rings (SSSR count). The van der Waals surface area contributed by atoms with Gasteiger partial charge in [0.25, 0.3) is 5.91 Å². The highest BCUT2D eigenvalue weighted by atomic mass is 16.5. The molecule has 8 nitrogen and oxygen atoms in total. The smallest absolute Gasteiger partial charge is 0.332 e. The van der Waals surface area contributed by atoms with Crippen molar-refractivity contribution < 1.29 is 19.4 Å². The Morgan fingerprint density at radius 2 is 1.38 bits per heavy atom. The van der Waals surface area contributed by atoms with E-state index in [9.17, 15) is 19.5 Å². The summed E-state index contributed by atoms with van der Waals surface area (Å²) in [5, 5.41) is 13.6. The monoisotopic (exact) mass is 619 g/mol. The fraction of sp³-hybridized carbons (Fsp3) is 0.541. The predicted molar refractivity (Wildman–Crippen MR) is 181 cm³/mol. The van der Waals surface area contributed by atoms with Crippen LogP contribution in [-0.4, -0.2) is 32.5 Å². The average molecular weight is 620 g/mol. The van der Waals surface area contributed by atoms with Crippen LogP contribution in [0.4, 0.5) is 5.69 Å². The molecular weight excluding hydrogens is 566 g/mol. The fourth-order valence-corrected chi connectivity index (χ4v) is 5.42. The van der Waals surface area contributed by atoms with E-state index >= 15 is 0 Å². The molecule has 2 N–H and O–H groups in total. The molecule has 1 aromatic heterocycles. The summed E-state index contributed by atoms with van der Waals surface area (Å²) in [5.74, 6) is -1.17. The van der Waals surface area contributed by atoms with Crippen molar-refractivity contribution in [1.82, 2.24) is 9.13 Å². The Hall–Kier alpha value is -3.81. The zero-order valence-electron chi connectivity index (χ0n) is 27.7. The fourth-order valence-electron chi connectivity index (χ4n) is 5.42. The number of hydrogen-bond donors (Lipinski definition) is 2. The van der Waals surface area contributed by atoms with Crippen molar-refractivity contribution in [3.8, 4) is 11.6 Å². The lowest BCUT2D eigenvalue weighted by molar-refractivity contribution is -0.135. The van der Waals surface area contributed by atoms with E-state index in [1.807, 2.05) is 36.4 Å². The molecule has 3 aromatic rings. The van der Waals surface area contributed by atoms with Crippen molar-refractivity contribution in [2.24, 2.45) is 5.41 Å². The highest BCUT2D eigenvalue weighted by Gasteiger charge is 2.39. The maximum absolute atomic E-state index is 13.7. The normalized spacial score (nSPS) is 12.2. The van der Waals surface area contributed by atoms with Crippen molar-refractivity contribution in [3.05, 3.63) is 76.8 Å². The number of aromatic nitrogens is 2. The van der Waals surface area contributed by atoms with Gasteiger partial charge in [-0.3, -0.25) is 14.2 Å². The van der Waals surface area contributed by atoms with Crippen molar-refractivity contribution >= 4 is 17.4 Å². The Morgan fingerprint density at radius 1 is 0.822 bits per heavy atom. The van der Waals surface area contributed by atoms with Crippen LogP contribution < -0.4 is 15.7 Å².